The minimum absolute atomic E-state index is 0.0275. The Morgan fingerprint density at radius 3 is 2.40 bits per heavy atom. The lowest BCUT2D eigenvalue weighted by molar-refractivity contribution is -0.148. The van der Waals surface area contributed by atoms with Crippen LogP contribution >= 0.6 is 15.9 Å². The van der Waals surface area contributed by atoms with Gasteiger partial charge < -0.3 is 19.7 Å². The van der Waals surface area contributed by atoms with Crippen LogP contribution in [0.2, 0.25) is 0 Å². The summed E-state index contributed by atoms with van der Waals surface area (Å²) in [5.41, 5.74) is 0. The summed E-state index contributed by atoms with van der Waals surface area (Å²) in [6, 6.07) is 6.71. The van der Waals surface area contributed by atoms with Crippen molar-refractivity contribution in [3.05, 3.63) is 28.7 Å². The zero-order chi connectivity index (χ0) is 15.1. The fraction of sp³-hybridized carbons (Fsp3) is 0.385. The van der Waals surface area contributed by atoms with Gasteiger partial charge in [-0.1, -0.05) is 15.9 Å². The smallest absolute Gasteiger partial charge is 0.348 e. The molecule has 0 radical (unpaired) electrons. The van der Waals surface area contributed by atoms with Gasteiger partial charge in [0.2, 0.25) is 6.10 Å². The molecule has 1 aromatic carbocycles. The molecule has 1 rings (SSSR count). The van der Waals surface area contributed by atoms with E-state index in [1.54, 1.807) is 38.4 Å². The Balaban J connectivity index is 2.67. The van der Waals surface area contributed by atoms with Crippen LogP contribution in [0.3, 0.4) is 0 Å². The Kier molecular flexibility index (Phi) is 6.30. The quantitative estimate of drug-likeness (QED) is 0.824. The van der Waals surface area contributed by atoms with Crippen LogP contribution in [0.4, 0.5) is 4.79 Å². The lowest BCUT2D eigenvalue weighted by Gasteiger charge is -2.19. The van der Waals surface area contributed by atoms with E-state index in [9.17, 15) is 9.59 Å². The maximum absolute atomic E-state index is 11.6. The van der Waals surface area contributed by atoms with Gasteiger partial charge in [0.1, 0.15) is 5.75 Å². The Hall–Kier alpha value is -1.76. The second kappa shape index (κ2) is 7.74. The lowest BCUT2D eigenvalue weighted by Crippen LogP contribution is -2.44. The number of nitrogens with one attached hydrogen (secondary N) is 1. The first-order chi connectivity index (χ1) is 9.43. The maximum Gasteiger partial charge on any atom is 0.348 e. The van der Waals surface area contributed by atoms with E-state index in [1.807, 2.05) is 0 Å². The van der Waals surface area contributed by atoms with Crippen molar-refractivity contribution in [1.29, 1.82) is 0 Å². The molecule has 1 aromatic rings. The molecule has 20 heavy (non-hydrogen) atoms. The number of carbonyl (C=O) groups excluding carboxylic acids is 2. The van der Waals surface area contributed by atoms with Crippen molar-refractivity contribution in [2.45, 2.75) is 6.10 Å². The van der Waals surface area contributed by atoms with Gasteiger partial charge in [0.25, 0.3) is 0 Å². The maximum atomic E-state index is 11.6. The molecule has 0 saturated heterocycles. The highest BCUT2D eigenvalue weighted by Crippen LogP contribution is 2.17. The number of esters is 1. The van der Waals surface area contributed by atoms with Crippen molar-refractivity contribution in [1.82, 2.24) is 10.2 Å². The minimum atomic E-state index is -0.898. The summed E-state index contributed by atoms with van der Waals surface area (Å²) < 4.78 is 11.1. The molecule has 0 fully saturated rings. The topological polar surface area (TPSA) is 67.9 Å². The molecule has 1 N–H and O–H groups in total. The summed E-state index contributed by atoms with van der Waals surface area (Å²) in [7, 11) is 4.49. The van der Waals surface area contributed by atoms with Gasteiger partial charge in [-0.2, -0.15) is 0 Å². The van der Waals surface area contributed by atoms with Gasteiger partial charge in [0.15, 0.2) is 0 Å². The first-order valence-electron chi connectivity index (χ1n) is 5.89. The molecule has 0 heterocycles. The fourth-order valence-corrected chi connectivity index (χ4v) is 1.58. The number of carbonyl (C=O) groups is 2. The molecule has 0 aliphatic heterocycles. The molecule has 0 unspecified atom stereocenters. The first-order valence-corrected chi connectivity index (χ1v) is 6.68. The number of methoxy groups -OCH3 is 1. The third-order valence-electron chi connectivity index (χ3n) is 2.40. The summed E-state index contributed by atoms with van der Waals surface area (Å²) in [6.45, 7) is 0.0275. The SMILES string of the molecule is COC(=O)[C@@H](CNC(=O)N(C)C)Oc1ccc(Br)cc1. The zero-order valence-electron chi connectivity index (χ0n) is 11.6. The number of nitrogens with zero attached hydrogens (tertiary/aromatic N) is 1. The summed E-state index contributed by atoms with van der Waals surface area (Å²) in [5.74, 6) is -0.0327. The second-order valence-electron chi connectivity index (χ2n) is 4.16. The van der Waals surface area contributed by atoms with Crippen LogP contribution in [0, 0.1) is 0 Å². The van der Waals surface area contributed by atoms with E-state index in [-0.39, 0.29) is 12.6 Å². The Bertz CT molecular complexity index is 462. The number of halogens is 1. The van der Waals surface area contributed by atoms with Crippen LogP contribution in [0.1, 0.15) is 0 Å². The fourth-order valence-electron chi connectivity index (χ4n) is 1.32. The third kappa shape index (κ3) is 5.08. The standard InChI is InChI=1S/C13H17BrN2O4/c1-16(2)13(18)15-8-11(12(17)19-3)20-10-6-4-9(14)5-7-10/h4-7,11H,8H2,1-3H3,(H,15,18)/t11-/m1/s1. The van der Waals surface area contributed by atoms with Gasteiger partial charge in [-0.05, 0) is 24.3 Å². The number of ether oxygens (including phenoxy) is 2. The molecule has 0 saturated carbocycles. The molecular formula is C13H17BrN2O4. The summed E-state index contributed by atoms with van der Waals surface area (Å²) >= 11 is 3.31. The predicted molar refractivity (Wildman–Crippen MR) is 77.7 cm³/mol. The highest BCUT2D eigenvalue weighted by Gasteiger charge is 2.22. The van der Waals surface area contributed by atoms with Gasteiger partial charge >= 0.3 is 12.0 Å². The average Bonchev–Trinajstić information content (AvgIpc) is 2.44. The number of rotatable bonds is 5. The van der Waals surface area contributed by atoms with E-state index < -0.39 is 12.1 Å². The van der Waals surface area contributed by atoms with Crippen molar-refractivity contribution >= 4 is 27.9 Å². The van der Waals surface area contributed by atoms with Crippen LogP contribution in [-0.2, 0) is 9.53 Å². The number of hydrogen-bond acceptors (Lipinski definition) is 4. The number of hydrogen-bond donors (Lipinski definition) is 1. The van der Waals surface area contributed by atoms with Gasteiger partial charge in [0, 0.05) is 18.6 Å². The largest absolute Gasteiger partial charge is 0.477 e. The number of benzene rings is 1. The average molecular weight is 345 g/mol. The highest BCUT2D eigenvalue weighted by atomic mass is 79.9. The summed E-state index contributed by atoms with van der Waals surface area (Å²) in [4.78, 5) is 24.5. The molecule has 6 nitrogen and oxygen atoms in total. The molecule has 0 aromatic heterocycles. The van der Waals surface area contributed by atoms with E-state index in [0.717, 1.165) is 4.47 Å². The number of urea groups is 1. The molecule has 1 atom stereocenters. The summed E-state index contributed by atoms with van der Waals surface area (Å²) in [6.07, 6.45) is -0.898. The molecule has 0 spiro atoms. The van der Waals surface area contributed by atoms with Crippen LogP contribution < -0.4 is 10.1 Å². The molecule has 0 bridgehead atoms. The van der Waals surface area contributed by atoms with Crippen molar-refractivity contribution in [2.75, 3.05) is 27.7 Å². The van der Waals surface area contributed by atoms with Gasteiger partial charge in [-0.25, -0.2) is 9.59 Å². The van der Waals surface area contributed by atoms with Gasteiger partial charge in [-0.15, -0.1) is 0 Å². The molecule has 110 valence electrons. The molecule has 0 aliphatic rings. The molecule has 2 amide bonds. The van der Waals surface area contributed by atoms with Crippen LogP contribution in [0.25, 0.3) is 0 Å². The summed E-state index contributed by atoms with van der Waals surface area (Å²) in [5, 5.41) is 2.58. The molecule has 7 heteroatoms. The predicted octanol–water partition coefficient (Wildman–Crippen LogP) is 1.64. The number of amides is 2. The van der Waals surface area contributed by atoms with Crippen molar-refractivity contribution < 1.29 is 19.1 Å². The van der Waals surface area contributed by atoms with Gasteiger partial charge in [-0.3, -0.25) is 0 Å². The zero-order valence-corrected chi connectivity index (χ0v) is 13.1. The molecule has 0 aliphatic carbocycles. The van der Waals surface area contributed by atoms with Crippen molar-refractivity contribution in [2.24, 2.45) is 0 Å². The van der Waals surface area contributed by atoms with Crippen LogP contribution in [-0.4, -0.2) is 50.8 Å². The second-order valence-corrected chi connectivity index (χ2v) is 5.08. The van der Waals surface area contributed by atoms with E-state index >= 15 is 0 Å². The Morgan fingerprint density at radius 1 is 1.30 bits per heavy atom. The van der Waals surface area contributed by atoms with E-state index in [2.05, 4.69) is 26.0 Å². The molecular weight excluding hydrogens is 328 g/mol. The van der Waals surface area contributed by atoms with E-state index in [1.165, 1.54) is 12.0 Å². The Morgan fingerprint density at radius 2 is 1.90 bits per heavy atom. The third-order valence-corrected chi connectivity index (χ3v) is 2.93. The van der Waals surface area contributed by atoms with Crippen molar-refractivity contribution in [3.63, 3.8) is 0 Å². The first kappa shape index (κ1) is 16.3. The normalized spacial score (nSPS) is 11.4. The van der Waals surface area contributed by atoms with E-state index in [4.69, 9.17) is 4.74 Å². The van der Waals surface area contributed by atoms with E-state index in [0.29, 0.717) is 5.75 Å². The minimum Gasteiger partial charge on any atom is -0.477 e. The monoisotopic (exact) mass is 344 g/mol. The Labute approximate surface area is 126 Å². The van der Waals surface area contributed by atoms with Crippen molar-refractivity contribution in [3.8, 4) is 5.75 Å². The highest BCUT2D eigenvalue weighted by molar-refractivity contribution is 9.10. The lowest BCUT2D eigenvalue weighted by atomic mass is 10.3. The van der Waals surface area contributed by atoms with Gasteiger partial charge in [0.05, 0.1) is 13.7 Å². The van der Waals surface area contributed by atoms with Crippen LogP contribution in [0.5, 0.6) is 5.75 Å². The van der Waals surface area contributed by atoms with Crippen LogP contribution in [0.15, 0.2) is 28.7 Å².